The summed E-state index contributed by atoms with van der Waals surface area (Å²) in [5, 5.41) is 18.9. The normalized spacial score (nSPS) is 31.9. The Kier molecular flexibility index (Phi) is 8.19. The van der Waals surface area contributed by atoms with E-state index in [9.17, 15) is 42.0 Å². The van der Waals surface area contributed by atoms with Crippen LogP contribution < -0.4 is 10.6 Å². The predicted octanol–water partition coefficient (Wildman–Crippen LogP) is 2.77. The number of nitrogens with zero attached hydrogens (tertiary/aromatic N) is 4. The first-order chi connectivity index (χ1) is 20.8. The molecule has 0 aromatic heterocycles. The largest absolute Gasteiger partial charge is 0.481 e. The Morgan fingerprint density at radius 1 is 1.11 bits per heavy atom. The fourth-order valence-corrected chi connectivity index (χ4v) is 10.0. The average molecular weight is 670 g/mol. The Hall–Kier alpha value is -3.02. The molecule has 4 fully saturated rings. The minimum atomic E-state index is -4.37. The number of amides is 2. The van der Waals surface area contributed by atoms with Gasteiger partial charge in [-0.15, -0.1) is 0 Å². The van der Waals surface area contributed by atoms with Gasteiger partial charge in [0.1, 0.15) is 5.41 Å². The number of likely N-dealkylation sites (tertiary alicyclic amines) is 1. The molecule has 2 heterocycles. The number of hydrogen-bond acceptors (Lipinski definition) is 8. The number of nitriles is 1. The summed E-state index contributed by atoms with van der Waals surface area (Å²) in [6.45, 7) is 8.14. The quantitative estimate of drug-likeness (QED) is 0.444. The van der Waals surface area contributed by atoms with Crippen LogP contribution in [0.4, 0.5) is 14.5 Å². The highest BCUT2D eigenvalue weighted by atomic mass is 35.5. The van der Waals surface area contributed by atoms with E-state index in [1.807, 2.05) is 0 Å². The summed E-state index contributed by atoms with van der Waals surface area (Å²) in [5.41, 5.74) is 2.10. The number of anilines is 1. The van der Waals surface area contributed by atoms with Gasteiger partial charge in [0.05, 0.1) is 39.1 Å². The molecule has 3 N–H and O–H groups in total. The van der Waals surface area contributed by atoms with Crippen molar-refractivity contribution in [2.45, 2.75) is 68.1 Å². The molecule has 0 radical (unpaired) electrons. The molecule has 0 spiro atoms. The van der Waals surface area contributed by atoms with Gasteiger partial charge in [0.25, 0.3) is 5.92 Å². The van der Waals surface area contributed by atoms with Crippen molar-refractivity contribution in [1.29, 1.82) is 5.26 Å². The third kappa shape index (κ3) is 5.54. The van der Waals surface area contributed by atoms with E-state index in [4.69, 9.17) is 17.3 Å². The van der Waals surface area contributed by atoms with Gasteiger partial charge in [-0.3, -0.25) is 19.3 Å². The van der Waals surface area contributed by atoms with Crippen molar-refractivity contribution in [3.63, 3.8) is 0 Å². The number of carboxylic acids is 1. The van der Waals surface area contributed by atoms with Gasteiger partial charge in [0, 0.05) is 56.3 Å². The molecule has 2 saturated carbocycles. The maximum absolute atomic E-state index is 14.1. The van der Waals surface area contributed by atoms with Crippen molar-refractivity contribution in [3.8, 4) is 6.07 Å². The molecule has 4 aliphatic rings. The number of benzene rings is 1. The zero-order chi connectivity index (χ0) is 33.3. The lowest BCUT2D eigenvalue weighted by Gasteiger charge is -2.43. The first-order valence-corrected chi connectivity index (χ1v) is 16.9. The van der Waals surface area contributed by atoms with E-state index in [0.29, 0.717) is 13.1 Å². The van der Waals surface area contributed by atoms with Gasteiger partial charge in [-0.05, 0) is 58.2 Å². The van der Waals surface area contributed by atoms with E-state index >= 15 is 0 Å². The summed E-state index contributed by atoms with van der Waals surface area (Å²) < 4.78 is 56.4. The molecule has 2 saturated heterocycles. The van der Waals surface area contributed by atoms with E-state index < -0.39 is 87.3 Å². The monoisotopic (exact) mass is 669 g/mol. The molecule has 2 amide bonds. The topological polar surface area (TPSA) is 165 Å². The molecular weight excluding hydrogens is 632 g/mol. The van der Waals surface area contributed by atoms with Crippen LogP contribution in [0.5, 0.6) is 0 Å². The smallest absolute Gasteiger partial charge is 0.310 e. The highest BCUT2D eigenvalue weighted by Crippen LogP contribution is 2.68. The zero-order valence-electron chi connectivity index (χ0n) is 25.4. The number of piperazine rings is 1. The Labute approximate surface area is 266 Å². The van der Waals surface area contributed by atoms with E-state index in [2.05, 4.69) is 30.6 Å². The summed E-state index contributed by atoms with van der Waals surface area (Å²) in [7, 11) is -4.37. The molecule has 11 nitrogen and oxygen atoms in total. The first kappa shape index (κ1) is 33.3. The van der Waals surface area contributed by atoms with E-state index in [0.717, 1.165) is 23.7 Å². The summed E-state index contributed by atoms with van der Waals surface area (Å²) in [6, 6.07) is 6.32. The van der Waals surface area contributed by atoms with Crippen molar-refractivity contribution in [2.75, 3.05) is 44.2 Å². The van der Waals surface area contributed by atoms with Crippen molar-refractivity contribution < 1.29 is 36.7 Å². The van der Waals surface area contributed by atoms with Gasteiger partial charge >= 0.3 is 5.97 Å². The summed E-state index contributed by atoms with van der Waals surface area (Å²) in [5.74, 6) is -9.63. The van der Waals surface area contributed by atoms with E-state index in [1.165, 1.54) is 6.07 Å². The molecular formula is C30H38ClF2N5O6S. The highest BCUT2D eigenvalue weighted by Gasteiger charge is 2.76. The fraction of sp³-hybridized carbons (Fsp3) is 0.667. The third-order valence-electron chi connectivity index (χ3n) is 10.3. The highest BCUT2D eigenvalue weighted by molar-refractivity contribution is 7.92. The van der Waals surface area contributed by atoms with E-state index in [-0.39, 0.29) is 28.4 Å². The number of carboxylic acid groups (broad SMARTS) is 1. The van der Waals surface area contributed by atoms with Crippen LogP contribution in [-0.2, 0) is 24.2 Å². The average Bonchev–Trinajstić information content (AvgIpc) is 3.40. The first-order valence-electron chi connectivity index (χ1n) is 14.9. The number of carbonyl (C=O) groups is 3. The second kappa shape index (κ2) is 11.1. The maximum Gasteiger partial charge on any atom is 0.310 e. The van der Waals surface area contributed by atoms with Gasteiger partial charge in [-0.1, -0.05) is 11.6 Å². The number of primary amides is 1. The minimum Gasteiger partial charge on any atom is -0.481 e. The molecule has 2 aliphatic carbocycles. The van der Waals surface area contributed by atoms with Crippen LogP contribution in [0.2, 0.25) is 5.02 Å². The molecule has 1 aromatic rings. The molecule has 1 aromatic carbocycles. The Morgan fingerprint density at radius 2 is 1.76 bits per heavy atom. The predicted molar refractivity (Wildman–Crippen MR) is 160 cm³/mol. The van der Waals surface area contributed by atoms with Gasteiger partial charge < -0.3 is 20.6 Å². The molecule has 2 unspecified atom stereocenters. The van der Waals surface area contributed by atoms with Crippen LogP contribution >= 0.6 is 11.6 Å². The number of sulfone groups is 1. The minimum absolute atomic E-state index is 0.00776. The number of halogens is 3. The number of rotatable bonds is 7. The van der Waals surface area contributed by atoms with Crippen LogP contribution in [0.1, 0.15) is 46.5 Å². The number of aliphatic carboxylic acids is 1. The molecule has 5 atom stereocenters. The number of carbonyl (C=O) groups excluding carboxylic acids is 2. The molecule has 0 bridgehead atoms. The van der Waals surface area contributed by atoms with Crippen LogP contribution in [0.3, 0.4) is 0 Å². The molecule has 15 heteroatoms. The third-order valence-corrected chi connectivity index (χ3v) is 13.0. The second-order valence-corrected chi connectivity index (χ2v) is 16.4. The Bertz CT molecular complexity index is 1570. The number of nitrogens with two attached hydrogens (primary N) is 1. The van der Waals surface area contributed by atoms with Crippen molar-refractivity contribution in [2.24, 2.45) is 28.4 Å². The van der Waals surface area contributed by atoms with Crippen LogP contribution in [0, 0.1) is 34.0 Å². The summed E-state index contributed by atoms with van der Waals surface area (Å²) in [6.07, 6.45) is -2.01. The zero-order valence-corrected chi connectivity index (χ0v) is 27.0. The van der Waals surface area contributed by atoms with Gasteiger partial charge in [-0.2, -0.15) is 5.26 Å². The fourth-order valence-electron chi connectivity index (χ4n) is 7.62. The lowest BCUT2D eigenvalue weighted by molar-refractivity contribution is -0.160. The maximum atomic E-state index is 14.1. The van der Waals surface area contributed by atoms with Crippen LogP contribution in [0.15, 0.2) is 23.1 Å². The lowest BCUT2D eigenvalue weighted by Crippen LogP contribution is -2.53. The molecule has 2 aliphatic heterocycles. The second-order valence-electron chi connectivity index (χ2n) is 13.8. The molecule has 45 heavy (non-hydrogen) atoms. The number of hydrogen-bond donors (Lipinski definition) is 2. The standard InChI is InChI=1S/C30H38ClF2N5O6S/c1-27(2,3)38-10-8-36(9-11-38)18-4-5-22(21(31)12-18)45(43,44)19-13-20(24(39)37-7-6-29(32,33)17-37)30(14-19,26(41)42)23-15-28(23,16-34)25(35)40/h4-5,12,19-20,23H,6-11,13-15,17H2,1-3H3,(H2,35,40)(H,41,42)/t19-,20+,23?,28?,30+/m1/s1. The van der Waals surface area contributed by atoms with Gasteiger partial charge in [0.15, 0.2) is 9.84 Å². The SMILES string of the molecule is CC(C)(C)N1CCN(c2ccc(S(=O)(=O)[C@@H]3C[C@@H](C(=O)N4CCC(F)(F)C4)[C@](C(=O)O)(C4CC4(C#N)C(N)=O)C3)c(Cl)c2)CC1. The summed E-state index contributed by atoms with van der Waals surface area (Å²) in [4.78, 5) is 44.1. The summed E-state index contributed by atoms with van der Waals surface area (Å²) >= 11 is 6.57. The van der Waals surface area contributed by atoms with Crippen LogP contribution in [0.25, 0.3) is 0 Å². The molecule has 246 valence electrons. The van der Waals surface area contributed by atoms with E-state index in [1.54, 1.807) is 18.2 Å². The van der Waals surface area contributed by atoms with Crippen molar-refractivity contribution in [1.82, 2.24) is 9.80 Å². The number of alkyl halides is 2. The Morgan fingerprint density at radius 3 is 2.22 bits per heavy atom. The van der Waals surface area contributed by atoms with Gasteiger partial charge in [0.2, 0.25) is 11.8 Å². The van der Waals surface area contributed by atoms with Crippen LogP contribution in [-0.4, -0.2) is 97.1 Å². The lowest BCUT2D eigenvalue weighted by atomic mass is 9.70. The van der Waals surface area contributed by atoms with Crippen molar-refractivity contribution >= 4 is 44.9 Å². The molecule has 5 rings (SSSR count). The van der Waals surface area contributed by atoms with Gasteiger partial charge in [-0.25, -0.2) is 17.2 Å². The van der Waals surface area contributed by atoms with Crippen molar-refractivity contribution in [3.05, 3.63) is 23.2 Å². The Balaban J connectivity index is 1.47.